The van der Waals surface area contributed by atoms with Crippen LogP contribution in [0.5, 0.6) is 0 Å². The van der Waals surface area contributed by atoms with E-state index >= 15 is 0 Å². The van der Waals surface area contributed by atoms with Gasteiger partial charge in [0, 0.05) is 18.7 Å². The molecule has 0 saturated heterocycles. The van der Waals surface area contributed by atoms with Crippen molar-refractivity contribution in [2.75, 3.05) is 6.54 Å². The van der Waals surface area contributed by atoms with Gasteiger partial charge in [0.15, 0.2) is 0 Å². The van der Waals surface area contributed by atoms with Crippen LogP contribution in [0.15, 0.2) is 41.8 Å². The summed E-state index contributed by atoms with van der Waals surface area (Å²) in [7, 11) is 0. The maximum Gasteiger partial charge on any atom is 0.261 e. The first-order chi connectivity index (χ1) is 12.0. The van der Waals surface area contributed by atoms with Gasteiger partial charge in [0.1, 0.15) is 0 Å². The van der Waals surface area contributed by atoms with E-state index in [9.17, 15) is 9.59 Å². The van der Waals surface area contributed by atoms with Crippen molar-refractivity contribution in [1.82, 2.24) is 10.6 Å². The highest BCUT2D eigenvalue weighted by Gasteiger charge is 2.41. The molecule has 1 aliphatic rings. The fraction of sp³-hybridized carbons (Fsp3) is 0.368. The monoisotopic (exact) mass is 393 g/mol. The van der Waals surface area contributed by atoms with Gasteiger partial charge in [-0.05, 0) is 54.8 Å². The normalized spacial score (nSPS) is 15.5. The van der Waals surface area contributed by atoms with Gasteiger partial charge in [0.05, 0.1) is 10.4 Å². The Labute approximate surface area is 163 Å². The van der Waals surface area contributed by atoms with Crippen LogP contribution in [-0.2, 0) is 6.54 Å². The molecule has 1 fully saturated rings. The summed E-state index contributed by atoms with van der Waals surface area (Å²) in [6.45, 7) is 2.88. The summed E-state index contributed by atoms with van der Waals surface area (Å²) in [6, 6.07) is 10.9. The van der Waals surface area contributed by atoms with Crippen molar-refractivity contribution in [2.45, 2.75) is 31.8 Å². The van der Waals surface area contributed by atoms with E-state index in [-0.39, 0.29) is 29.8 Å². The SMILES string of the molecule is CC(CN)(NC(=O)c1ccc(CNC(=O)c2cccs2)cc1)C1CC1.Cl. The Bertz CT molecular complexity index is 745. The Morgan fingerprint density at radius 2 is 1.88 bits per heavy atom. The van der Waals surface area contributed by atoms with Crippen molar-refractivity contribution >= 4 is 35.6 Å². The van der Waals surface area contributed by atoms with Gasteiger partial charge < -0.3 is 16.4 Å². The molecule has 0 bridgehead atoms. The molecule has 1 atom stereocenters. The van der Waals surface area contributed by atoms with Crippen molar-refractivity contribution in [1.29, 1.82) is 0 Å². The Hall–Kier alpha value is -1.89. The minimum absolute atomic E-state index is 0. The van der Waals surface area contributed by atoms with E-state index in [0.29, 0.717) is 29.4 Å². The first-order valence-electron chi connectivity index (χ1n) is 8.45. The molecule has 1 aromatic carbocycles. The van der Waals surface area contributed by atoms with Crippen LogP contribution in [0.25, 0.3) is 0 Å². The summed E-state index contributed by atoms with van der Waals surface area (Å²) in [6.07, 6.45) is 2.24. The molecule has 1 aromatic heterocycles. The van der Waals surface area contributed by atoms with Gasteiger partial charge in [0.2, 0.25) is 0 Å². The van der Waals surface area contributed by atoms with E-state index < -0.39 is 0 Å². The molecule has 7 heteroatoms. The average molecular weight is 394 g/mol. The molecule has 5 nitrogen and oxygen atoms in total. The Kier molecular flexibility index (Phi) is 6.81. The third-order valence-electron chi connectivity index (χ3n) is 4.72. The number of thiophene rings is 1. The molecule has 1 unspecified atom stereocenters. The second-order valence-electron chi connectivity index (χ2n) is 6.71. The van der Waals surface area contributed by atoms with Crippen LogP contribution in [0, 0.1) is 5.92 Å². The number of carbonyl (C=O) groups excluding carboxylic acids is 2. The molecule has 0 radical (unpaired) electrons. The van der Waals surface area contributed by atoms with Crippen LogP contribution in [0.3, 0.4) is 0 Å². The van der Waals surface area contributed by atoms with Crippen LogP contribution in [0.4, 0.5) is 0 Å². The zero-order chi connectivity index (χ0) is 17.9. The van der Waals surface area contributed by atoms with E-state index in [2.05, 4.69) is 10.6 Å². The van der Waals surface area contributed by atoms with Gasteiger partial charge in [0.25, 0.3) is 11.8 Å². The van der Waals surface area contributed by atoms with Gasteiger partial charge in [-0.3, -0.25) is 9.59 Å². The number of nitrogens with one attached hydrogen (secondary N) is 2. The fourth-order valence-corrected chi connectivity index (χ4v) is 3.46. The topological polar surface area (TPSA) is 84.2 Å². The zero-order valence-electron chi connectivity index (χ0n) is 14.7. The molecule has 3 rings (SSSR count). The standard InChI is InChI=1S/C19H23N3O2S.ClH/c1-19(12-20,15-8-9-15)22-17(23)14-6-4-13(5-7-14)11-21-18(24)16-3-2-10-25-16;/h2-7,10,15H,8-9,11-12,20H2,1H3,(H,21,24)(H,22,23);1H. The smallest absolute Gasteiger partial charge is 0.261 e. The molecule has 4 N–H and O–H groups in total. The number of hydrogen-bond acceptors (Lipinski definition) is 4. The lowest BCUT2D eigenvalue weighted by Gasteiger charge is -2.29. The van der Waals surface area contributed by atoms with E-state index in [1.54, 1.807) is 18.2 Å². The number of carbonyl (C=O) groups is 2. The van der Waals surface area contributed by atoms with Crippen molar-refractivity contribution in [3.05, 3.63) is 57.8 Å². The Morgan fingerprint density at radius 1 is 1.19 bits per heavy atom. The molecule has 0 spiro atoms. The minimum atomic E-state index is -0.329. The zero-order valence-corrected chi connectivity index (χ0v) is 16.3. The molecule has 0 aliphatic heterocycles. The van der Waals surface area contributed by atoms with Gasteiger partial charge in [-0.2, -0.15) is 0 Å². The molecule has 2 aromatic rings. The number of amides is 2. The lowest BCUT2D eigenvalue weighted by atomic mass is 9.95. The lowest BCUT2D eigenvalue weighted by Crippen LogP contribution is -2.53. The predicted octanol–water partition coefficient (Wildman–Crippen LogP) is 2.96. The number of halogens is 1. The van der Waals surface area contributed by atoms with Crippen molar-refractivity contribution in [3.8, 4) is 0 Å². The molecular weight excluding hydrogens is 370 g/mol. The van der Waals surface area contributed by atoms with Crippen molar-refractivity contribution in [2.24, 2.45) is 11.7 Å². The van der Waals surface area contributed by atoms with E-state index in [1.807, 2.05) is 30.5 Å². The summed E-state index contributed by atoms with van der Waals surface area (Å²) in [5.74, 6) is 0.294. The molecule has 140 valence electrons. The summed E-state index contributed by atoms with van der Waals surface area (Å²) >= 11 is 1.41. The average Bonchev–Trinajstić information content (AvgIpc) is 3.35. The first-order valence-corrected chi connectivity index (χ1v) is 9.33. The van der Waals surface area contributed by atoms with Crippen LogP contribution < -0.4 is 16.4 Å². The summed E-state index contributed by atoms with van der Waals surface area (Å²) in [5, 5.41) is 7.83. The Morgan fingerprint density at radius 3 is 2.42 bits per heavy atom. The van der Waals surface area contributed by atoms with Crippen LogP contribution >= 0.6 is 23.7 Å². The van der Waals surface area contributed by atoms with Crippen LogP contribution in [0.2, 0.25) is 0 Å². The van der Waals surface area contributed by atoms with E-state index in [0.717, 1.165) is 18.4 Å². The van der Waals surface area contributed by atoms with Crippen molar-refractivity contribution < 1.29 is 9.59 Å². The molecule has 1 aliphatic carbocycles. The summed E-state index contributed by atoms with van der Waals surface area (Å²) in [4.78, 5) is 25.1. The summed E-state index contributed by atoms with van der Waals surface area (Å²) in [5.41, 5.74) is 7.08. The number of hydrogen-bond donors (Lipinski definition) is 3. The summed E-state index contributed by atoms with van der Waals surface area (Å²) < 4.78 is 0. The second-order valence-corrected chi connectivity index (χ2v) is 7.65. The van der Waals surface area contributed by atoms with Gasteiger partial charge in [-0.15, -0.1) is 23.7 Å². The maximum atomic E-state index is 12.4. The van der Waals surface area contributed by atoms with Gasteiger partial charge >= 0.3 is 0 Å². The minimum Gasteiger partial charge on any atom is -0.347 e. The van der Waals surface area contributed by atoms with E-state index in [4.69, 9.17) is 5.73 Å². The third kappa shape index (κ3) is 4.84. The van der Waals surface area contributed by atoms with Crippen LogP contribution in [0.1, 0.15) is 45.4 Å². The largest absolute Gasteiger partial charge is 0.347 e. The quantitative estimate of drug-likeness (QED) is 0.676. The van der Waals surface area contributed by atoms with E-state index in [1.165, 1.54) is 11.3 Å². The van der Waals surface area contributed by atoms with Crippen molar-refractivity contribution in [3.63, 3.8) is 0 Å². The molecular formula is C19H24ClN3O2S. The molecule has 2 amide bonds. The lowest BCUT2D eigenvalue weighted by molar-refractivity contribution is 0.0896. The highest BCUT2D eigenvalue weighted by Crippen LogP contribution is 2.39. The van der Waals surface area contributed by atoms with Gasteiger partial charge in [-0.25, -0.2) is 0 Å². The Balaban J connectivity index is 0.00000243. The highest BCUT2D eigenvalue weighted by atomic mass is 35.5. The molecule has 26 heavy (non-hydrogen) atoms. The maximum absolute atomic E-state index is 12.4. The molecule has 1 saturated carbocycles. The third-order valence-corrected chi connectivity index (χ3v) is 5.58. The number of rotatable bonds is 7. The van der Waals surface area contributed by atoms with Gasteiger partial charge in [-0.1, -0.05) is 18.2 Å². The highest BCUT2D eigenvalue weighted by molar-refractivity contribution is 7.12. The number of nitrogens with two attached hydrogens (primary N) is 1. The fourth-order valence-electron chi connectivity index (χ4n) is 2.82. The molecule has 1 heterocycles. The predicted molar refractivity (Wildman–Crippen MR) is 107 cm³/mol. The first kappa shape index (κ1) is 20.4. The second kappa shape index (κ2) is 8.66. The van der Waals surface area contributed by atoms with Crippen LogP contribution in [-0.4, -0.2) is 23.9 Å². The number of benzene rings is 1.